The number of benzene rings is 2. The molecule has 0 saturated carbocycles. The number of anilines is 1. The predicted octanol–water partition coefficient (Wildman–Crippen LogP) is 5.71. The second-order valence-corrected chi connectivity index (χ2v) is 8.68. The van der Waals surface area contributed by atoms with E-state index < -0.39 is 0 Å². The van der Waals surface area contributed by atoms with Crippen LogP contribution in [0.3, 0.4) is 0 Å². The summed E-state index contributed by atoms with van der Waals surface area (Å²) < 4.78 is 5.49. The third kappa shape index (κ3) is 4.80. The van der Waals surface area contributed by atoms with Crippen molar-refractivity contribution in [2.45, 2.75) is 19.8 Å². The number of ketones is 1. The molecule has 1 fully saturated rings. The Kier molecular flexibility index (Phi) is 6.54. The van der Waals surface area contributed by atoms with E-state index in [0.29, 0.717) is 0 Å². The highest BCUT2D eigenvalue weighted by Gasteiger charge is 2.15. The molecule has 5 nitrogen and oxygen atoms in total. The number of rotatable bonds is 7. The molecule has 0 aliphatic carbocycles. The molecule has 0 amide bonds. The standard InChI is InChI=1S/C29H29N3O2/c1-21(33)17-24(9-3-2-7-22-10-6-11-23-8-4-5-12-26(22)23)28-20-31-29-27(28)18-25(19-30-29)32-13-15-34-16-14-32/h3-6,8-12,17-20H,2,7,13-16H2,1H3,(H,30,31)/b9-3-,24-17+. The first kappa shape index (κ1) is 22.1. The summed E-state index contributed by atoms with van der Waals surface area (Å²) in [6, 6.07) is 17.1. The first-order valence-electron chi connectivity index (χ1n) is 11.8. The Bertz CT molecular complexity index is 1370. The lowest BCUT2D eigenvalue weighted by molar-refractivity contribution is -0.112. The zero-order chi connectivity index (χ0) is 23.3. The fraction of sp³-hybridized carbons (Fsp3) is 0.241. The zero-order valence-corrected chi connectivity index (χ0v) is 19.5. The Labute approximate surface area is 199 Å². The summed E-state index contributed by atoms with van der Waals surface area (Å²) in [5.41, 5.74) is 5.14. The molecule has 1 aliphatic heterocycles. The summed E-state index contributed by atoms with van der Waals surface area (Å²) in [7, 11) is 0. The van der Waals surface area contributed by atoms with Crippen molar-refractivity contribution in [3.05, 3.63) is 90.3 Å². The monoisotopic (exact) mass is 451 g/mol. The Morgan fingerprint density at radius 1 is 1.12 bits per heavy atom. The molecule has 0 atom stereocenters. The number of allylic oxidation sites excluding steroid dienone is 4. The number of aromatic amines is 1. The Hall–Kier alpha value is -3.70. The van der Waals surface area contributed by atoms with Crippen LogP contribution in [0.25, 0.3) is 27.4 Å². The van der Waals surface area contributed by atoms with Crippen molar-refractivity contribution < 1.29 is 9.53 Å². The molecule has 0 bridgehead atoms. The van der Waals surface area contributed by atoms with Gasteiger partial charge in [0.15, 0.2) is 5.78 Å². The van der Waals surface area contributed by atoms with Crippen molar-refractivity contribution in [1.82, 2.24) is 9.97 Å². The molecule has 4 aromatic rings. The first-order valence-corrected chi connectivity index (χ1v) is 11.8. The largest absolute Gasteiger partial charge is 0.378 e. The Morgan fingerprint density at radius 2 is 1.94 bits per heavy atom. The molecule has 1 aliphatic rings. The van der Waals surface area contributed by atoms with Crippen molar-refractivity contribution in [1.29, 1.82) is 0 Å². The van der Waals surface area contributed by atoms with Crippen LogP contribution in [0.4, 0.5) is 5.69 Å². The van der Waals surface area contributed by atoms with Gasteiger partial charge in [-0.25, -0.2) is 4.98 Å². The summed E-state index contributed by atoms with van der Waals surface area (Å²) in [4.78, 5) is 22.2. The van der Waals surface area contributed by atoms with Crippen molar-refractivity contribution in [2.75, 3.05) is 31.2 Å². The van der Waals surface area contributed by atoms with Crippen LogP contribution in [-0.2, 0) is 16.0 Å². The summed E-state index contributed by atoms with van der Waals surface area (Å²) in [5, 5.41) is 3.59. The van der Waals surface area contributed by atoms with Crippen LogP contribution >= 0.6 is 0 Å². The minimum absolute atomic E-state index is 0.0281. The molecule has 0 radical (unpaired) electrons. The van der Waals surface area contributed by atoms with E-state index in [1.807, 2.05) is 12.4 Å². The molecule has 3 heterocycles. The number of fused-ring (bicyclic) bond motifs is 2. The number of carbonyl (C=O) groups excluding carboxylic acids is 1. The van der Waals surface area contributed by atoms with Gasteiger partial charge >= 0.3 is 0 Å². The fourth-order valence-electron chi connectivity index (χ4n) is 4.62. The normalized spacial score (nSPS) is 15.0. The van der Waals surface area contributed by atoms with Crippen molar-refractivity contribution in [3.8, 4) is 0 Å². The molecule has 172 valence electrons. The molecule has 2 aromatic carbocycles. The maximum Gasteiger partial charge on any atom is 0.153 e. The van der Waals surface area contributed by atoms with Crippen LogP contribution in [-0.4, -0.2) is 42.1 Å². The molecule has 5 heteroatoms. The van der Waals surface area contributed by atoms with Gasteiger partial charge in [0.05, 0.1) is 25.1 Å². The molecule has 5 rings (SSSR count). The first-order chi connectivity index (χ1) is 16.7. The van der Waals surface area contributed by atoms with Crippen molar-refractivity contribution in [3.63, 3.8) is 0 Å². The minimum Gasteiger partial charge on any atom is -0.378 e. The smallest absolute Gasteiger partial charge is 0.153 e. The molecule has 0 spiro atoms. The molecular formula is C29H29N3O2. The van der Waals surface area contributed by atoms with Crippen LogP contribution < -0.4 is 4.90 Å². The van der Waals surface area contributed by atoms with Gasteiger partial charge in [0.2, 0.25) is 0 Å². The van der Waals surface area contributed by atoms with Gasteiger partial charge in [-0.15, -0.1) is 0 Å². The molecule has 2 aromatic heterocycles. The number of aromatic nitrogens is 2. The van der Waals surface area contributed by atoms with Crippen LogP contribution in [0.15, 0.2) is 79.2 Å². The van der Waals surface area contributed by atoms with E-state index in [1.165, 1.54) is 16.3 Å². The van der Waals surface area contributed by atoms with Gasteiger partial charge < -0.3 is 14.6 Å². The van der Waals surface area contributed by atoms with Crippen LogP contribution in [0, 0.1) is 0 Å². The van der Waals surface area contributed by atoms with E-state index in [4.69, 9.17) is 4.74 Å². The van der Waals surface area contributed by atoms with Crippen LogP contribution in [0.1, 0.15) is 24.5 Å². The second kappa shape index (κ2) is 10.1. The van der Waals surface area contributed by atoms with Gasteiger partial charge in [-0.1, -0.05) is 54.6 Å². The van der Waals surface area contributed by atoms with Gasteiger partial charge in [0.25, 0.3) is 0 Å². The number of hydrogen-bond acceptors (Lipinski definition) is 4. The summed E-state index contributed by atoms with van der Waals surface area (Å²) in [6.45, 7) is 4.77. The molecular weight excluding hydrogens is 422 g/mol. The van der Waals surface area contributed by atoms with Gasteiger partial charge in [-0.2, -0.15) is 0 Å². The lowest BCUT2D eigenvalue weighted by Crippen LogP contribution is -2.36. The number of pyridine rings is 1. The third-order valence-electron chi connectivity index (χ3n) is 6.32. The number of hydrogen-bond donors (Lipinski definition) is 1. The van der Waals surface area contributed by atoms with Crippen molar-refractivity contribution in [2.24, 2.45) is 0 Å². The summed E-state index contributed by atoms with van der Waals surface area (Å²) >= 11 is 0. The topological polar surface area (TPSA) is 58.2 Å². The minimum atomic E-state index is 0.0281. The SMILES string of the molecule is CC(=O)/C=C(\C=C/CCc1cccc2ccccc12)c1c[nH]c2ncc(N3CCOCC3)cc12. The summed E-state index contributed by atoms with van der Waals surface area (Å²) in [6.07, 6.45) is 11.6. The molecule has 0 unspecified atom stereocenters. The molecule has 1 N–H and O–H groups in total. The van der Waals surface area contributed by atoms with Gasteiger partial charge in [-0.05, 0) is 53.8 Å². The molecule has 34 heavy (non-hydrogen) atoms. The number of morpholine rings is 1. The van der Waals surface area contributed by atoms with E-state index in [9.17, 15) is 4.79 Å². The van der Waals surface area contributed by atoms with E-state index in [0.717, 1.165) is 67.0 Å². The zero-order valence-electron chi connectivity index (χ0n) is 19.5. The average molecular weight is 452 g/mol. The van der Waals surface area contributed by atoms with Crippen molar-refractivity contribution >= 4 is 38.8 Å². The number of aryl methyl sites for hydroxylation is 1. The highest BCUT2D eigenvalue weighted by atomic mass is 16.5. The van der Waals surface area contributed by atoms with Gasteiger partial charge in [0.1, 0.15) is 5.65 Å². The lowest BCUT2D eigenvalue weighted by atomic mass is 9.99. The second-order valence-electron chi connectivity index (χ2n) is 8.68. The fourth-order valence-corrected chi connectivity index (χ4v) is 4.62. The Balaban J connectivity index is 1.39. The quantitative estimate of drug-likeness (QED) is 0.289. The van der Waals surface area contributed by atoms with Crippen LogP contribution in [0.5, 0.6) is 0 Å². The van der Waals surface area contributed by atoms with Gasteiger partial charge in [0, 0.05) is 30.2 Å². The average Bonchev–Trinajstić information content (AvgIpc) is 3.29. The number of nitrogens with zero attached hydrogens (tertiary/aromatic N) is 2. The van der Waals surface area contributed by atoms with Crippen LogP contribution in [0.2, 0.25) is 0 Å². The van der Waals surface area contributed by atoms with Gasteiger partial charge in [-0.3, -0.25) is 4.79 Å². The predicted molar refractivity (Wildman–Crippen MR) is 139 cm³/mol. The number of H-pyrrole nitrogens is 1. The van der Waals surface area contributed by atoms with E-state index in [1.54, 1.807) is 13.0 Å². The number of ether oxygens (including phenoxy) is 1. The molecule has 1 saturated heterocycles. The van der Waals surface area contributed by atoms with E-state index in [2.05, 4.69) is 75.6 Å². The van der Waals surface area contributed by atoms with E-state index in [-0.39, 0.29) is 5.78 Å². The third-order valence-corrected chi connectivity index (χ3v) is 6.32. The summed E-state index contributed by atoms with van der Waals surface area (Å²) in [5.74, 6) is 0.0281. The number of carbonyl (C=O) groups is 1. The highest BCUT2D eigenvalue weighted by Crippen LogP contribution is 2.29. The number of nitrogens with one attached hydrogen (secondary N) is 1. The maximum atomic E-state index is 12.0. The Morgan fingerprint density at radius 3 is 2.79 bits per heavy atom. The van der Waals surface area contributed by atoms with E-state index >= 15 is 0 Å². The lowest BCUT2D eigenvalue weighted by Gasteiger charge is -2.28. The highest BCUT2D eigenvalue weighted by molar-refractivity contribution is 6.02. The maximum absolute atomic E-state index is 12.0.